The number of ether oxygens (including phenoxy) is 2. The Balaban J connectivity index is 2.20. The summed E-state index contributed by atoms with van der Waals surface area (Å²) < 4.78 is 12.2. The van der Waals surface area contributed by atoms with E-state index in [0.29, 0.717) is 17.9 Å². The summed E-state index contributed by atoms with van der Waals surface area (Å²) in [6.45, 7) is 2.11. The molecular weight excluding hydrogens is 292 g/mol. The first-order valence-corrected chi connectivity index (χ1v) is 7.38. The normalized spacial score (nSPS) is 11.0. The third kappa shape index (κ3) is 4.32. The fourth-order valence-electron chi connectivity index (χ4n) is 2.06. The van der Waals surface area contributed by atoms with E-state index in [9.17, 15) is 4.79 Å². The van der Waals surface area contributed by atoms with Crippen LogP contribution in [0.3, 0.4) is 0 Å². The molecule has 0 spiro atoms. The van der Waals surface area contributed by atoms with E-state index in [2.05, 4.69) is 5.32 Å². The first kappa shape index (κ1) is 16.5. The Bertz CT molecular complexity index is 697. The Morgan fingerprint density at radius 1 is 1.22 bits per heavy atom. The van der Waals surface area contributed by atoms with Crippen LogP contribution in [0.1, 0.15) is 17.3 Å². The summed E-state index contributed by atoms with van der Waals surface area (Å²) in [5, 5.41) is 3.21. The second-order valence-corrected chi connectivity index (χ2v) is 4.86. The molecule has 0 amide bonds. The highest BCUT2D eigenvalue weighted by Gasteiger charge is 2.15. The molecule has 0 aliphatic heterocycles. The minimum Gasteiger partial charge on any atom is -0.496 e. The van der Waals surface area contributed by atoms with Crippen LogP contribution in [0.5, 0.6) is 5.75 Å². The average Bonchev–Trinajstić information content (AvgIpc) is 2.60. The molecule has 23 heavy (non-hydrogen) atoms. The largest absolute Gasteiger partial charge is 0.496 e. The van der Waals surface area contributed by atoms with E-state index in [1.165, 1.54) is 7.11 Å². The van der Waals surface area contributed by atoms with Gasteiger partial charge in [0.05, 0.1) is 20.8 Å². The number of rotatable bonds is 6. The van der Waals surface area contributed by atoms with Crippen LogP contribution in [0.4, 0.5) is 11.4 Å². The smallest absolute Gasteiger partial charge is 0.341 e. The first-order valence-electron chi connectivity index (χ1n) is 7.38. The number of methoxy groups -OCH3 is 1. The number of esters is 1. The lowest BCUT2D eigenvalue weighted by Crippen LogP contribution is -2.10. The van der Waals surface area contributed by atoms with Gasteiger partial charge in [0.2, 0.25) is 6.34 Å². The molecule has 5 heteroatoms. The van der Waals surface area contributed by atoms with Crippen molar-refractivity contribution in [2.24, 2.45) is 0 Å². The number of carbonyl (C=O) groups is 1. The molecule has 0 saturated heterocycles. The van der Waals surface area contributed by atoms with Gasteiger partial charge >= 0.3 is 5.97 Å². The van der Waals surface area contributed by atoms with Gasteiger partial charge in [0.1, 0.15) is 22.7 Å². The summed E-state index contributed by atoms with van der Waals surface area (Å²) in [5.74, 6) is 0.103. The van der Waals surface area contributed by atoms with Gasteiger partial charge in [-0.3, -0.25) is 0 Å². The maximum atomic E-state index is 11.9. The highest BCUT2D eigenvalue weighted by molar-refractivity contribution is 5.93. The Hall–Kier alpha value is -2.82. The number of hydrogen-bond donors (Lipinski definition) is 1. The fourth-order valence-corrected chi connectivity index (χ4v) is 2.06. The van der Waals surface area contributed by atoms with E-state index in [0.717, 1.165) is 11.4 Å². The van der Waals surface area contributed by atoms with E-state index in [4.69, 9.17) is 9.47 Å². The zero-order chi connectivity index (χ0) is 16.7. The molecule has 0 radical (unpaired) electrons. The number of anilines is 1. The predicted molar refractivity (Wildman–Crippen MR) is 90.9 cm³/mol. The Kier molecular flexibility index (Phi) is 5.74. The van der Waals surface area contributed by atoms with Crippen LogP contribution in [0.2, 0.25) is 0 Å². The maximum absolute atomic E-state index is 11.9. The lowest BCUT2D eigenvalue weighted by atomic mass is 10.2. The molecule has 0 fully saturated rings. The Morgan fingerprint density at radius 3 is 2.61 bits per heavy atom. The van der Waals surface area contributed by atoms with Crippen molar-refractivity contribution in [1.82, 2.24) is 0 Å². The van der Waals surface area contributed by atoms with Crippen LogP contribution in [0.25, 0.3) is 0 Å². The molecule has 0 heterocycles. The summed E-state index contributed by atoms with van der Waals surface area (Å²) >= 11 is 0. The summed E-state index contributed by atoms with van der Waals surface area (Å²) in [5.41, 5.74) is 2.30. The molecule has 0 saturated carbocycles. The van der Waals surface area contributed by atoms with Crippen molar-refractivity contribution in [3.05, 3.63) is 54.1 Å². The molecule has 0 aromatic heterocycles. The molecule has 0 aliphatic rings. The molecule has 1 N–H and O–H groups in total. The zero-order valence-corrected chi connectivity index (χ0v) is 13.6. The van der Waals surface area contributed by atoms with Crippen LogP contribution in [-0.4, -0.2) is 37.6 Å². The van der Waals surface area contributed by atoms with E-state index in [1.807, 2.05) is 54.4 Å². The van der Waals surface area contributed by atoms with Crippen LogP contribution in [0, 0.1) is 0 Å². The second kappa shape index (κ2) is 7.98. The van der Waals surface area contributed by atoms with E-state index < -0.39 is 0 Å². The first-order chi connectivity index (χ1) is 11.2. The van der Waals surface area contributed by atoms with E-state index in [1.54, 1.807) is 19.1 Å². The van der Waals surface area contributed by atoms with Crippen molar-refractivity contribution in [1.29, 1.82) is 0 Å². The quantitative estimate of drug-likeness (QED) is 0.385. The number of hydrogen-bond acceptors (Lipinski definition) is 3. The number of carbonyl (C=O) groups excluding carboxylic acids is 1. The van der Waals surface area contributed by atoms with Crippen molar-refractivity contribution < 1.29 is 18.8 Å². The van der Waals surface area contributed by atoms with E-state index >= 15 is 0 Å². The second-order valence-electron chi connectivity index (χ2n) is 4.86. The molecule has 2 aromatic carbocycles. The molecular formula is C18H21N2O3+. The molecule has 2 aromatic rings. The Labute approximate surface area is 136 Å². The van der Waals surface area contributed by atoms with Crippen LogP contribution < -0.4 is 10.1 Å². The third-order valence-electron chi connectivity index (χ3n) is 3.29. The zero-order valence-electron chi connectivity index (χ0n) is 13.6. The monoisotopic (exact) mass is 313 g/mol. The number of para-hydroxylation sites is 1. The molecule has 120 valence electrons. The topological polar surface area (TPSA) is 50.6 Å². The molecule has 0 unspecified atom stereocenters. The summed E-state index contributed by atoms with van der Waals surface area (Å²) in [4.78, 5) is 11.9. The lowest BCUT2D eigenvalue weighted by Gasteiger charge is -2.09. The van der Waals surface area contributed by atoms with Crippen molar-refractivity contribution >= 4 is 23.7 Å². The number of benzene rings is 2. The van der Waals surface area contributed by atoms with Gasteiger partial charge in [0.25, 0.3) is 0 Å². The van der Waals surface area contributed by atoms with Gasteiger partial charge in [-0.1, -0.05) is 18.2 Å². The van der Waals surface area contributed by atoms with Gasteiger partial charge in [-0.15, -0.1) is 0 Å². The maximum Gasteiger partial charge on any atom is 0.341 e. The molecule has 0 atom stereocenters. The fraction of sp³-hybridized carbons (Fsp3) is 0.222. The van der Waals surface area contributed by atoms with Crippen LogP contribution in [0.15, 0.2) is 48.5 Å². The van der Waals surface area contributed by atoms with Crippen molar-refractivity contribution in [2.45, 2.75) is 6.92 Å². The molecule has 0 aliphatic carbocycles. The summed E-state index contributed by atoms with van der Waals surface area (Å²) in [6, 6.07) is 15.2. The lowest BCUT2D eigenvalue weighted by molar-refractivity contribution is -0.399. The van der Waals surface area contributed by atoms with Gasteiger partial charge < -0.3 is 9.47 Å². The standard InChI is InChI=1S/C18H20N2O3/c1-4-23-18(21)16-11-10-15(12-17(16)22-3)20(2)13-19-14-8-6-5-7-9-14/h5-13H,4H2,1-3H3/p+1. The SMILES string of the molecule is CCOC(=O)c1ccc([N+](C)=CNc2ccccc2)cc1OC. The van der Waals surface area contributed by atoms with Crippen molar-refractivity contribution in [3.8, 4) is 5.75 Å². The highest BCUT2D eigenvalue weighted by Crippen LogP contribution is 2.25. The molecule has 5 nitrogen and oxygen atoms in total. The van der Waals surface area contributed by atoms with Crippen molar-refractivity contribution in [2.75, 3.05) is 26.1 Å². The molecule has 2 rings (SSSR count). The predicted octanol–water partition coefficient (Wildman–Crippen LogP) is 3.29. The average molecular weight is 313 g/mol. The van der Waals surface area contributed by atoms with Crippen molar-refractivity contribution in [3.63, 3.8) is 0 Å². The third-order valence-corrected chi connectivity index (χ3v) is 3.29. The van der Waals surface area contributed by atoms with Gasteiger partial charge in [0.15, 0.2) is 0 Å². The van der Waals surface area contributed by atoms with Gasteiger partial charge in [-0.2, -0.15) is 0 Å². The van der Waals surface area contributed by atoms with Gasteiger partial charge in [-0.25, -0.2) is 14.7 Å². The van der Waals surface area contributed by atoms with Crippen LogP contribution >= 0.6 is 0 Å². The van der Waals surface area contributed by atoms with Crippen LogP contribution in [-0.2, 0) is 4.74 Å². The number of nitrogens with zero attached hydrogens (tertiary/aromatic N) is 1. The van der Waals surface area contributed by atoms with Gasteiger partial charge in [0, 0.05) is 6.07 Å². The molecule has 0 bridgehead atoms. The van der Waals surface area contributed by atoms with E-state index in [-0.39, 0.29) is 5.97 Å². The minimum absolute atomic E-state index is 0.332. The number of nitrogens with one attached hydrogen (secondary N) is 1. The summed E-state index contributed by atoms with van der Waals surface area (Å²) in [7, 11) is 3.45. The summed E-state index contributed by atoms with van der Waals surface area (Å²) in [6.07, 6.45) is 1.84. The van der Waals surface area contributed by atoms with Gasteiger partial charge in [-0.05, 0) is 31.2 Å². The minimum atomic E-state index is -0.384. The Morgan fingerprint density at radius 2 is 1.96 bits per heavy atom. The highest BCUT2D eigenvalue weighted by atomic mass is 16.5.